The third-order valence-corrected chi connectivity index (χ3v) is 3.65. The number of rotatable bonds is 4. The molecule has 2 amide bonds. The highest BCUT2D eigenvalue weighted by atomic mass is 16.7. The van der Waals surface area contributed by atoms with Crippen LogP contribution >= 0.6 is 0 Å². The highest BCUT2D eigenvalue weighted by Gasteiger charge is 2.14. The summed E-state index contributed by atoms with van der Waals surface area (Å²) in [5, 5.41) is 5.37. The smallest absolute Gasteiger partial charge is 0.321 e. The van der Waals surface area contributed by atoms with Gasteiger partial charge in [-0.1, -0.05) is 12.1 Å². The molecule has 6 nitrogen and oxygen atoms in total. The van der Waals surface area contributed by atoms with Crippen LogP contribution in [-0.4, -0.2) is 19.6 Å². The Morgan fingerprint density at radius 2 is 2.00 bits per heavy atom. The second-order valence-electron chi connectivity index (χ2n) is 5.19. The SMILES string of the molecule is Cc1cccc(OCNC(=O)Nc2ccc3c(c2)OCO3)c1C. The first kappa shape index (κ1) is 15.0. The van der Waals surface area contributed by atoms with E-state index in [9.17, 15) is 4.79 Å². The second-order valence-corrected chi connectivity index (χ2v) is 5.19. The molecule has 23 heavy (non-hydrogen) atoms. The van der Waals surface area contributed by atoms with Crippen molar-refractivity contribution in [1.82, 2.24) is 5.32 Å². The molecule has 0 aromatic heterocycles. The summed E-state index contributed by atoms with van der Waals surface area (Å²) in [5.41, 5.74) is 2.83. The zero-order valence-electron chi connectivity index (χ0n) is 13.0. The van der Waals surface area contributed by atoms with Crippen LogP contribution in [0.2, 0.25) is 0 Å². The molecule has 1 heterocycles. The van der Waals surface area contributed by atoms with E-state index >= 15 is 0 Å². The molecule has 2 aromatic rings. The van der Waals surface area contributed by atoms with E-state index in [-0.39, 0.29) is 19.6 Å². The van der Waals surface area contributed by atoms with Crippen LogP contribution in [0.5, 0.6) is 17.2 Å². The molecule has 0 spiro atoms. The van der Waals surface area contributed by atoms with Gasteiger partial charge in [-0.3, -0.25) is 0 Å². The van der Waals surface area contributed by atoms with Crippen LogP contribution in [0.1, 0.15) is 11.1 Å². The van der Waals surface area contributed by atoms with E-state index < -0.39 is 0 Å². The highest BCUT2D eigenvalue weighted by molar-refractivity contribution is 5.89. The Kier molecular flexibility index (Phi) is 4.23. The van der Waals surface area contributed by atoms with Crippen molar-refractivity contribution in [3.8, 4) is 17.2 Å². The lowest BCUT2D eigenvalue weighted by Crippen LogP contribution is -2.32. The first-order valence-corrected chi connectivity index (χ1v) is 7.27. The number of carbonyl (C=O) groups excluding carboxylic acids is 1. The minimum atomic E-state index is -0.353. The Hall–Kier alpha value is -2.89. The average Bonchev–Trinajstić information content (AvgIpc) is 2.99. The van der Waals surface area contributed by atoms with Crippen molar-refractivity contribution < 1.29 is 19.0 Å². The second kappa shape index (κ2) is 6.48. The van der Waals surface area contributed by atoms with Crippen LogP contribution < -0.4 is 24.8 Å². The summed E-state index contributed by atoms with van der Waals surface area (Å²) in [6.45, 7) is 4.29. The molecule has 2 aromatic carbocycles. The third-order valence-electron chi connectivity index (χ3n) is 3.65. The van der Waals surface area contributed by atoms with E-state index in [0.717, 1.165) is 16.9 Å². The van der Waals surface area contributed by atoms with Gasteiger partial charge in [0.25, 0.3) is 0 Å². The molecule has 0 radical (unpaired) electrons. The first-order chi connectivity index (χ1) is 11.1. The van der Waals surface area contributed by atoms with E-state index in [4.69, 9.17) is 14.2 Å². The fraction of sp³-hybridized carbons (Fsp3) is 0.235. The third kappa shape index (κ3) is 3.48. The number of fused-ring (bicyclic) bond motifs is 1. The minimum absolute atomic E-state index is 0.0840. The number of nitrogens with one attached hydrogen (secondary N) is 2. The summed E-state index contributed by atoms with van der Waals surface area (Å²) in [6, 6.07) is 10.7. The van der Waals surface area contributed by atoms with Crippen molar-refractivity contribution in [1.29, 1.82) is 0 Å². The van der Waals surface area contributed by atoms with Crippen LogP contribution in [0.15, 0.2) is 36.4 Å². The lowest BCUT2D eigenvalue weighted by Gasteiger charge is -2.12. The molecule has 0 fully saturated rings. The van der Waals surface area contributed by atoms with Gasteiger partial charge in [0, 0.05) is 11.8 Å². The molecule has 0 aliphatic carbocycles. The molecule has 3 rings (SSSR count). The quantitative estimate of drug-likeness (QED) is 0.850. The Morgan fingerprint density at radius 3 is 2.87 bits per heavy atom. The molecular formula is C17H18N2O4. The number of ether oxygens (including phenoxy) is 3. The molecule has 1 aliphatic heterocycles. The lowest BCUT2D eigenvalue weighted by molar-refractivity contribution is 0.174. The molecule has 0 saturated heterocycles. The fourth-order valence-corrected chi connectivity index (χ4v) is 2.21. The summed E-state index contributed by atoms with van der Waals surface area (Å²) in [6.07, 6.45) is 0. The van der Waals surface area contributed by atoms with E-state index in [1.54, 1.807) is 18.2 Å². The predicted molar refractivity (Wildman–Crippen MR) is 86.1 cm³/mol. The van der Waals surface area contributed by atoms with E-state index in [2.05, 4.69) is 10.6 Å². The molecule has 6 heteroatoms. The number of anilines is 1. The topological polar surface area (TPSA) is 68.8 Å². The maximum Gasteiger partial charge on any atom is 0.321 e. The van der Waals surface area contributed by atoms with Crippen LogP contribution in [0.3, 0.4) is 0 Å². The molecule has 120 valence electrons. The molecule has 0 bridgehead atoms. The van der Waals surface area contributed by atoms with E-state index in [1.165, 1.54) is 0 Å². The normalized spacial score (nSPS) is 11.9. The Bertz CT molecular complexity index is 731. The summed E-state index contributed by atoms with van der Waals surface area (Å²) < 4.78 is 16.1. The number of carbonyl (C=O) groups is 1. The number of benzene rings is 2. The van der Waals surface area contributed by atoms with Crippen molar-refractivity contribution >= 4 is 11.7 Å². The summed E-state index contributed by atoms with van der Waals surface area (Å²) >= 11 is 0. The number of hydrogen-bond acceptors (Lipinski definition) is 4. The maximum atomic E-state index is 11.9. The fourth-order valence-electron chi connectivity index (χ4n) is 2.21. The van der Waals surface area contributed by atoms with Crippen molar-refractivity contribution in [3.63, 3.8) is 0 Å². The number of amides is 2. The lowest BCUT2D eigenvalue weighted by atomic mass is 10.1. The molecule has 0 unspecified atom stereocenters. The van der Waals surface area contributed by atoms with Crippen molar-refractivity contribution in [2.24, 2.45) is 0 Å². The summed E-state index contributed by atoms with van der Waals surface area (Å²) in [4.78, 5) is 11.9. The molecule has 0 saturated carbocycles. The minimum Gasteiger partial charge on any atom is -0.473 e. The largest absolute Gasteiger partial charge is 0.473 e. The van der Waals surface area contributed by atoms with Gasteiger partial charge in [0.1, 0.15) is 5.75 Å². The van der Waals surface area contributed by atoms with Gasteiger partial charge in [0.05, 0.1) is 0 Å². The number of aryl methyl sites for hydroxylation is 1. The zero-order chi connectivity index (χ0) is 16.2. The van der Waals surface area contributed by atoms with Gasteiger partial charge in [-0.05, 0) is 43.2 Å². The van der Waals surface area contributed by atoms with Crippen LogP contribution in [0.4, 0.5) is 10.5 Å². The molecular weight excluding hydrogens is 296 g/mol. The van der Waals surface area contributed by atoms with Gasteiger partial charge in [0.2, 0.25) is 6.79 Å². The number of hydrogen-bond donors (Lipinski definition) is 2. The molecule has 1 aliphatic rings. The van der Waals surface area contributed by atoms with Gasteiger partial charge in [-0.2, -0.15) is 0 Å². The Labute approximate surface area is 134 Å². The van der Waals surface area contributed by atoms with Gasteiger partial charge in [-0.15, -0.1) is 0 Å². The van der Waals surface area contributed by atoms with E-state index in [1.807, 2.05) is 32.0 Å². The molecule has 2 N–H and O–H groups in total. The predicted octanol–water partition coefficient (Wildman–Crippen LogP) is 3.19. The summed E-state index contributed by atoms with van der Waals surface area (Å²) in [5.74, 6) is 2.05. The van der Waals surface area contributed by atoms with E-state index in [0.29, 0.717) is 17.2 Å². The standard InChI is InChI=1S/C17H18N2O4/c1-11-4-3-5-14(12(11)2)21-9-18-17(20)19-13-6-7-15-16(8-13)23-10-22-15/h3-8H,9-10H2,1-2H3,(H2,18,19,20). The van der Waals surface area contributed by atoms with Gasteiger partial charge in [-0.25, -0.2) is 4.79 Å². The van der Waals surface area contributed by atoms with Crippen LogP contribution in [0.25, 0.3) is 0 Å². The van der Waals surface area contributed by atoms with Gasteiger partial charge >= 0.3 is 6.03 Å². The Morgan fingerprint density at radius 1 is 1.17 bits per heavy atom. The maximum absolute atomic E-state index is 11.9. The average molecular weight is 314 g/mol. The van der Waals surface area contributed by atoms with Crippen LogP contribution in [-0.2, 0) is 0 Å². The van der Waals surface area contributed by atoms with Crippen LogP contribution in [0, 0.1) is 13.8 Å². The highest BCUT2D eigenvalue weighted by Crippen LogP contribution is 2.34. The van der Waals surface area contributed by atoms with Gasteiger partial charge < -0.3 is 24.8 Å². The van der Waals surface area contributed by atoms with Crippen molar-refractivity contribution in [2.45, 2.75) is 13.8 Å². The molecule has 0 atom stereocenters. The van der Waals surface area contributed by atoms with Gasteiger partial charge in [0.15, 0.2) is 18.2 Å². The van der Waals surface area contributed by atoms with Crippen molar-refractivity contribution in [2.75, 3.05) is 18.8 Å². The summed E-state index contributed by atoms with van der Waals surface area (Å²) in [7, 11) is 0. The zero-order valence-corrected chi connectivity index (χ0v) is 13.0. The van der Waals surface area contributed by atoms with Crippen molar-refractivity contribution in [3.05, 3.63) is 47.5 Å². The Balaban J connectivity index is 1.51. The first-order valence-electron chi connectivity index (χ1n) is 7.27. The number of urea groups is 1. The monoisotopic (exact) mass is 314 g/mol.